The van der Waals surface area contributed by atoms with E-state index in [2.05, 4.69) is 15.5 Å². The van der Waals surface area contributed by atoms with Crippen LogP contribution in [0.2, 0.25) is 0 Å². The molecule has 0 fully saturated rings. The minimum absolute atomic E-state index is 0.0149. The lowest BCUT2D eigenvalue weighted by atomic mass is 10.2. The molecule has 1 aromatic carbocycles. The molecule has 2 heterocycles. The quantitative estimate of drug-likeness (QED) is 0.382. The summed E-state index contributed by atoms with van der Waals surface area (Å²) in [7, 11) is 0. The molecule has 0 aliphatic rings. The number of carbonyl (C=O) groups is 1. The maximum Gasteiger partial charge on any atom is 0.348 e. The summed E-state index contributed by atoms with van der Waals surface area (Å²) in [6, 6.07) is 6.05. The first-order valence-electron chi connectivity index (χ1n) is 7.18. The van der Waals surface area contributed by atoms with Crippen molar-refractivity contribution in [1.82, 2.24) is 20.2 Å². The van der Waals surface area contributed by atoms with Crippen molar-refractivity contribution >= 4 is 33.1 Å². The number of hydrogen-bond acceptors (Lipinski definition) is 8. The molecule has 3 rings (SSSR count). The zero-order valence-corrected chi connectivity index (χ0v) is 13.5. The molecule has 0 aliphatic carbocycles. The molecule has 0 N–H and O–H groups in total. The Morgan fingerprint density at radius 1 is 1.42 bits per heavy atom. The Kier molecular flexibility index (Phi) is 4.47. The topological polar surface area (TPSA) is 113 Å². The van der Waals surface area contributed by atoms with E-state index in [1.54, 1.807) is 16.8 Å². The van der Waals surface area contributed by atoms with Crippen LogP contribution in [-0.2, 0) is 17.9 Å². The van der Waals surface area contributed by atoms with Gasteiger partial charge >= 0.3 is 5.97 Å². The maximum absolute atomic E-state index is 12.2. The van der Waals surface area contributed by atoms with Crippen molar-refractivity contribution in [3.8, 4) is 0 Å². The van der Waals surface area contributed by atoms with Crippen LogP contribution < -0.4 is 0 Å². The predicted molar refractivity (Wildman–Crippen MR) is 85.7 cm³/mol. The Morgan fingerprint density at radius 2 is 2.25 bits per heavy atom. The van der Waals surface area contributed by atoms with Gasteiger partial charge in [-0.2, -0.15) is 0 Å². The molecule has 2 aromatic heterocycles. The summed E-state index contributed by atoms with van der Waals surface area (Å²) < 4.78 is 7.61. The number of benzene rings is 1. The van der Waals surface area contributed by atoms with Gasteiger partial charge in [0, 0.05) is 28.8 Å². The number of ether oxygens (including phenoxy) is 1. The Labute approximate surface area is 140 Å². The number of fused-ring (bicyclic) bond motifs is 1. The largest absolute Gasteiger partial charge is 0.453 e. The molecule has 0 aliphatic heterocycles. The van der Waals surface area contributed by atoms with Gasteiger partial charge in [-0.25, -0.2) is 9.48 Å². The number of tetrazole rings is 1. The van der Waals surface area contributed by atoms with Gasteiger partial charge in [-0.15, -0.1) is 16.4 Å². The number of nitrogens with zero attached hydrogens (tertiary/aromatic N) is 5. The van der Waals surface area contributed by atoms with E-state index in [4.69, 9.17) is 4.74 Å². The van der Waals surface area contributed by atoms with E-state index >= 15 is 0 Å². The second kappa shape index (κ2) is 6.71. The zero-order valence-electron chi connectivity index (χ0n) is 12.7. The van der Waals surface area contributed by atoms with Gasteiger partial charge in [0.2, 0.25) is 0 Å². The number of aryl methyl sites for hydroxylation is 1. The number of hydrogen-bond donors (Lipinski definition) is 0. The molecule has 0 amide bonds. The van der Waals surface area contributed by atoms with Crippen molar-refractivity contribution in [3.05, 3.63) is 45.1 Å². The molecule has 0 bridgehead atoms. The highest BCUT2D eigenvalue weighted by molar-refractivity contribution is 7.20. The van der Waals surface area contributed by atoms with E-state index in [0.29, 0.717) is 22.6 Å². The van der Waals surface area contributed by atoms with Crippen LogP contribution in [0, 0.1) is 10.1 Å². The van der Waals surface area contributed by atoms with Gasteiger partial charge in [0.05, 0.1) is 4.92 Å². The van der Waals surface area contributed by atoms with Crippen molar-refractivity contribution in [3.63, 3.8) is 0 Å². The van der Waals surface area contributed by atoms with Gasteiger partial charge in [0.25, 0.3) is 5.69 Å². The molecule has 0 unspecified atom stereocenters. The smallest absolute Gasteiger partial charge is 0.348 e. The van der Waals surface area contributed by atoms with Crippen LogP contribution >= 0.6 is 11.3 Å². The fraction of sp³-hybridized carbons (Fsp3) is 0.286. The number of thiophene rings is 1. The van der Waals surface area contributed by atoms with E-state index in [1.165, 1.54) is 23.5 Å². The molecule has 0 atom stereocenters. The maximum atomic E-state index is 12.2. The van der Waals surface area contributed by atoms with E-state index in [1.807, 2.05) is 6.92 Å². The Bertz CT molecular complexity index is 904. The molecular formula is C14H13N5O4S. The number of esters is 1. The van der Waals surface area contributed by atoms with Crippen LogP contribution in [0.15, 0.2) is 24.3 Å². The van der Waals surface area contributed by atoms with Crippen LogP contribution in [0.5, 0.6) is 0 Å². The van der Waals surface area contributed by atoms with Crippen LogP contribution in [0.25, 0.3) is 10.1 Å². The lowest BCUT2D eigenvalue weighted by Crippen LogP contribution is -2.10. The highest BCUT2D eigenvalue weighted by Crippen LogP contribution is 2.29. The number of nitro groups is 1. The van der Waals surface area contributed by atoms with E-state index in [0.717, 1.165) is 11.1 Å². The highest BCUT2D eigenvalue weighted by atomic mass is 32.1. The first-order chi connectivity index (χ1) is 11.6. The second-order valence-electron chi connectivity index (χ2n) is 4.98. The van der Waals surface area contributed by atoms with Crippen molar-refractivity contribution < 1.29 is 14.5 Å². The summed E-state index contributed by atoms with van der Waals surface area (Å²) in [4.78, 5) is 22.9. The first-order valence-corrected chi connectivity index (χ1v) is 8.00. The van der Waals surface area contributed by atoms with Crippen LogP contribution in [-0.4, -0.2) is 31.1 Å². The van der Waals surface area contributed by atoms with Crippen molar-refractivity contribution in [2.75, 3.05) is 0 Å². The number of carbonyl (C=O) groups excluding carboxylic acids is 1. The molecule has 3 aromatic rings. The monoisotopic (exact) mass is 347 g/mol. The molecule has 9 nitrogen and oxygen atoms in total. The SMILES string of the molecule is CCCn1nnnc1COC(=O)c1cc2cc([N+](=O)[O-])ccc2s1. The number of aromatic nitrogens is 4. The van der Waals surface area contributed by atoms with Gasteiger partial charge in [0.1, 0.15) is 4.88 Å². The molecule has 0 radical (unpaired) electrons. The van der Waals surface area contributed by atoms with E-state index < -0.39 is 10.9 Å². The van der Waals surface area contributed by atoms with E-state index in [9.17, 15) is 14.9 Å². The summed E-state index contributed by atoms with van der Waals surface area (Å²) in [6.45, 7) is 2.61. The molecule has 0 spiro atoms. The fourth-order valence-electron chi connectivity index (χ4n) is 2.16. The normalized spacial score (nSPS) is 10.9. The van der Waals surface area contributed by atoms with Crippen molar-refractivity contribution in [1.29, 1.82) is 0 Å². The minimum atomic E-state index is -0.509. The Hall–Kier alpha value is -2.88. The van der Waals surface area contributed by atoms with Crippen LogP contribution in [0.3, 0.4) is 0 Å². The summed E-state index contributed by atoms with van der Waals surface area (Å²) in [5.74, 6) is -0.0353. The van der Waals surface area contributed by atoms with Crippen LogP contribution in [0.1, 0.15) is 28.8 Å². The van der Waals surface area contributed by atoms with Crippen molar-refractivity contribution in [2.45, 2.75) is 26.5 Å². The highest BCUT2D eigenvalue weighted by Gasteiger charge is 2.16. The van der Waals surface area contributed by atoms with Gasteiger partial charge in [-0.05, 0) is 29.0 Å². The number of nitro benzene ring substituents is 1. The molecule has 124 valence electrons. The lowest BCUT2D eigenvalue weighted by molar-refractivity contribution is -0.384. The number of rotatable bonds is 6. The van der Waals surface area contributed by atoms with Gasteiger partial charge < -0.3 is 4.74 Å². The van der Waals surface area contributed by atoms with Gasteiger partial charge in [0.15, 0.2) is 12.4 Å². The minimum Gasteiger partial charge on any atom is -0.453 e. The molecule has 24 heavy (non-hydrogen) atoms. The molecular weight excluding hydrogens is 334 g/mol. The summed E-state index contributed by atoms with van der Waals surface area (Å²) in [5, 5.41) is 22.6. The van der Waals surface area contributed by atoms with Crippen molar-refractivity contribution in [2.24, 2.45) is 0 Å². The van der Waals surface area contributed by atoms with E-state index in [-0.39, 0.29) is 12.3 Å². The second-order valence-corrected chi connectivity index (χ2v) is 6.07. The predicted octanol–water partition coefficient (Wildman–Crippen LogP) is 2.56. The lowest BCUT2D eigenvalue weighted by Gasteiger charge is -2.03. The molecule has 0 saturated carbocycles. The fourth-order valence-corrected chi connectivity index (χ4v) is 3.10. The zero-order chi connectivity index (χ0) is 17.1. The van der Waals surface area contributed by atoms with Gasteiger partial charge in [-0.1, -0.05) is 6.92 Å². The molecule has 0 saturated heterocycles. The Morgan fingerprint density at radius 3 is 3.00 bits per heavy atom. The number of non-ortho nitro benzene ring substituents is 1. The summed E-state index contributed by atoms with van der Waals surface area (Å²) >= 11 is 1.22. The standard InChI is InChI=1S/C14H13N5O4S/c1-2-5-18-13(15-16-17-18)8-23-14(20)12-7-9-6-10(19(21)22)3-4-11(9)24-12/h3-4,6-7H,2,5,8H2,1H3. The third-order valence-corrected chi connectivity index (χ3v) is 4.38. The average molecular weight is 347 g/mol. The summed E-state index contributed by atoms with van der Waals surface area (Å²) in [6.07, 6.45) is 0.862. The third kappa shape index (κ3) is 3.23. The average Bonchev–Trinajstić information content (AvgIpc) is 3.18. The Balaban J connectivity index is 1.74. The first kappa shape index (κ1) is 16.0. The van der Waals surface area contributed by atoms with Gasteiger partial charge in [-0.3, -0.25) is 10.1 Å². The summed E-state index contributed by atoms with van der Waals surface area (Å²) in [5.41, 5.74) is -0.0149. The van der Waals surface area contributed by atoms with Crippen LogP contribution in [0.4, 0.5) is 5.69 Å². The third-order valence-electron chi connectivity index (χ3n) is 3.29. The molecule has 10 heteroatoms.